The van der Waals surface area contributed by atoms with Gasteiger partial charge in [-0.25, -0.2) is 5.01 Å². The van der Waals surface area contributed by atoms with Crippen LogP contribution in [0, 0.1) is 0 Å². The molecule has 4 nitrogen and oxygen atoms in total. The first-order valence-corrected chi connectivity index (χ1v) is 5.52. The van der Waals surface area contributed by atoms with Crippen LogP contribution in [0.2, 0.25) is 0 Å². The van der Waals surface area contributed by atoms with Crippen molar-refractivity contribution in [2.24, 2.45) is 0 Å². The Labute approximate surface area is 85.2 Å². The molecule has 0 aliphatic carbocycles. The maximum atomic E-state index is 11.5. The van der Waals surface area contributed by atoms with Crippen LogP contribution in [-0.2, 0) is 4.79 Å². The average Bonchev–Trinajstić information content (AvgIpc) is 2.76. The molecule has 1 atom stereocenters. The summed E-state index contributed by atoms with van der Waals surface area (Å²) in [4.78, 5) is 11.5. The maximum absolute atomic E-state index is 11.5. The third-order valence-electron chi connectivity index (χ3n) is 3.20. The van der Waals surface area contributed by atoms with Gasteiger partial charge in [-0.05, 0) is 25.8 Å². The van der Waals surface area contributed by atoms with E-state index >= 15 is 0 Å². The second kappa shape index (κ2) is 4.28. The lowest BCUT2D eigenvalue weighted by Crippen LogP contribution is -2.39. The number of hydrogen-bond acceptors (Lipinski definition) is 3. The molecule has 0 saturated carbocycles. The van der Waals surface area contributed by atoms with E-state index in [1.807, 2.05) is 17.1 Å². The van der Waals surface area contributed by atoms with E-state index in [-0.39, 0.29) is 5.91 Å². The zero-order valence-corrected chi connectivity index (χ0v) is 8.83. The normalized spacial score (nSPS) is 29.1. The fourth-order valence-corrected chi connectivity index (χ4v) is 2.27. The molecule has 2 fully saturated rings. The average molecular weight is 197 g/mol. The Morgan fingerprint density at radius 1 is 1.57 bits per heavy atom. The standard InChI is InChI=1S/C10H19N3O/c1-12-7-5-10(14)13(12)8-4-9-3-2-6-11-9/h9,11H,2-8H2,1H3. The van der Waals surface area contributed by atoms with Gasteiger partial charge in [0.15, 0.2) is 0 Å². The van der Waals surface area contributed by atoms with Gasteiger partial charge in [0.2, 0.25) is 5.91 Å². The molecule has 0 spiro atoms. The molecule has 0 aromatic heterocycles. The molecule has 14 heavy (non-hydrogen) atoms. The van der Waals surface area contributed by atoms with Gasteiger partial charge in [0, 0.05) is 32.6 Å². The summed E-state index contributed by atoms with van der Waals surface area (Å²) in [5.41, 5.74) is 0. The zero-order chi connectivity index (χ0) is 9.97. The predicted octanol–water partition coefficient (Wildman–Crippen LogP) is 0.208. The van der Waals surface area contributed by atoms with Gasteiger partial charge in [0.1, 0.15) is 0 Å². The lowest BCUT2D eigenvalue weighted by atomic mass is 10.1. The number of rotatable bonds is 3. The minimum Gasteiger partial charge on any atom is -0.314 e. The smallest absolute Gasteiger partial charge is 0.238 e. The van der Waals surface area contributed by atoms with Crippen molar-refractivity contribution in [1.82, 2.24) is 15.3 Å². The van der Waals surface area contributed by atoms with Crippen LogP contribution in [0.3, 0.4) is 0 Å². The minimum atomic E-state index is 0.283. The Morgan fingerprint density at radius 3 is 3.00 bits per heavy atom. The number of nitrogens with zero attached hydrogens (tertiary/aromatic N) is 2. The molecule has 2 heterocycles. The first-order chi connectivity index (χ1) is 6.77. The van der Waals surface area contributed by atoms with Gasteiger partial charge < -0.3 is 5.32 Å². The summed E-state index contributed by atoms with van der Waals surface area (Å²) in [6.07, 6.45) is 4.34. The van der Waals surface area contributed by atoms with E-state index in [1.54, 1.807) is 0 Å². The van der Waals surface area contributed by atoms with Crippen molar-refractivity contribution in [3.63, 3.8) is 0 Å². The van der Waals surface area contributed by atoms with E-state index in [9.17, 15) is 4.79 Å². The van der Waals surface area contributed by atoms with Crippen LogP contribution in [0.25, 0.3) is 0 Å². The summed E-state index contributed by atoms with van der Waals surface area (Å²) in [5, 5.41) is 7.38. The highest BCUT2D eigenvalue weighted by atomic mass is 16.2. The van der Waals surface area contributed by atoms with Crippen LogP contribution in [0.4, 0.5) is 0 Å². The van der Waals surface area contributed by atoms with Crippen LogP contribution in [0.15, 0.2) is 0 Å². The molecule has 0 aromatic carbocycles. The van der Waals surface area contributed by atoms with Crippen LogP contribution in [0.1, 0.15) is 25.7 Å². The molecule has 0 radical (unpaired) electrons. The van der Waals surface area contributed by atoms with Gasteiger partial charge in [0.05, 0.1) is 0 Å². The van der Waals surface area contributed by atoms with E-state index in [0.29, 0.717) is 12.5 Å². The quantitative estimate of drug-likeness (QED) is 0.702. The predicted molar refractivity (Wildman–Crippen MR) is 54.6 cm³/mol. The Morgan fingerprint density at radius 2 is 2.43 bits per heavy atom. The highest BCUT2D eigenvalue weighted by Crippen LogP contribution is 2.14. The van der Waals surface area contributed by atoms with Gasteiger partial charge in [-0.1, -0.05) is 0 Å². The summed E-state index contributed by atoms with van der Waals surface area (Å²) in [6, 6.07) is 0.636. The Balaban J connectivity index is 1.76. The van der Waals surface area contributed by atoms with Crippen molar-refractivity contribution >= 4 is 5.91 Å². The number of nitrogens with one attached hydrogen (secondary N) is 1. The lowest BCUT2D eigenvalue weighted by molar-refractivity contribution is -0.136. The van der Waals surface area contributed by atoms with Crippen molar-refractivity contribution in [2.45, 2.75) is 31.7 Å². The molecule has 0 aromatic rings. The van der Waals surface area contributed by atoms with Crippen molar-refractivity contribution < 1.29 is 4.79 Å². The SMILES string of the molecule is CN1CCC(=O)N1CCC1CCCN1. The van der Waals surface area contributed by atoms with E-state index in [2.05, 4.69) is 5.32 Å². The maximum Gasteiger partial charge on any atom is 0.238 e. The van der Waals surface area contributed by atoms with Crippen LogP contribution < -0.4 is 5.32 Å². The largest absolute Gasteiger partial charge is 0.314 e. The monoisotopic (exact) mass is 197 g/mol. The van der Waals surface area contributed by atoms with E-state index in [4.69, 9.17) is 0 Å². The van der Waals surface area contributed by atoms with Crippen LogP contribution >= 0.6 is 0 Å². The molecular weight excluding hydrogens is 178 g/mol. The molecule has 80 valence electrons. The minimum absolute atomic E-state index is 0.283. The third-order valence-corrected chi connectivity index (χ3v) is 3.20. The van der Waals surface area contributed by atoms with Crippen molar-refractivity contribution in [2.75, 3.05) is 26.7 Å². The van der Waals surface area contributed by atoms with E-state index in [0.717, 1.165) is 26.1 Å². The molecule has 2 aliphatic rings. The fraction of sp³-hybridized carbons (Fsp3) is 0.900. The van der Waals surface area contributed by atoms with Gasteiger partial charge in [0.25, 0.3) is 0 Å². The molecule has 4 heteroatoms. The van der Waals surface area contributed by atoms with Crippen LogP contribution in [0.5, 0.6) is 0 Å². The second-order valence-corrected chi connectivity index (χ2v) is 4.23. The second-order valence-electron chi connectivity index (χ2n) is 4.23. The Bertz CT molecular complexity index is 213. The van der Waals surface area contributed by atoms with Crippen LogP contribution in [-0.4, -0.2) is 48.6 Å². The summed E-state index contributed by atoms with van der Waals surface area (Å²) in [7, 11) is 1.99. The van der Waals surface area contributed by atoms with Gasteiger partial charge >= 0.3 is 0 Å². The molecule has 2 saturated heterocycles. The molecule has 0 bridgehead atoms. The molecule has 1 N–H and O–H groups in total. The number of carbonyl (C=O) groups is 1. The van der Waals surface area contributed by atoms with Crippen molar-refractivity contribution in [1.29, 1.82) is 0 Å². The topological polar surface area (TPSA) is 35.6 Å². The number of amides is 1. The third kappa shape index (κ3) is 2.07. The molecular formula is C10H19N3O. The Kier molecular flexibility index (Phi) is 3.03. The molecule has 1 amide bonds. The first-order valence-electron chi connectivity index (χ1n) is 5.52. The van der Waals surface area contributed by atoms with Crippen molar-refractivity contribution in [3.8, 4) is 0 Å². The van der Waals surface area contributed by atoms with E-state index in [1.165, 1.54) is 12.8 Å². The number of carbonyl (C=O) groups excluding carboxylic acids is 1. The fourth-order valence-electron chi connectivity index (χ4n) is 2.27. The van der Waals surface area contributed by atoms with Crippen molar-refractivity contribution in [3.05, 3.63) is 0 Å². The zero-order valence-electron chi connectivity index (χ0n) is 8.83. The summed E-state index contributed by atoms with van der Waals surface area (Å²) in [5.74, 6) is 0.283. The number of hydrazine groups is 1. The van der Waals surface area contributed by atoms with Gasteiger partial charge in [-0.3, -0.25) is 9.80 Å². The highest BCUT2D eigenvalue weighted by molar-refractivity contribution is 5.77. The first kappa shape index (κ1) is 9.93. The Hall–Kier alpha value is -0.610. The van der Waals surface area contributed by atoms with E-state index < -0.39 is 0 Å². The summed E-state index contributed by atoms with van der Waals surface area (Å²) >= 11 is 0. The molecule has 2 aliphatic heterocycles. The van der Waals surface area contributed by atoms with Gasteiger partial charge in [-0.15, -0.1) is 0 Å². The molecule has 1 unspecified atom stereocenters. The summed E-state index contributed by atoms with van der Waals surface area (Å²) < 4.78 is 0. The highest BCUT2D eigenvalue weighted by Gasteiger charge is 2.26. The van der Waals surface area contributed by atoms with Gasteiger partial charge in [-0.2, -0.15) is 0 Å². The summed E-state index contributed by atoms with van der Waals surface area (Å²) in [6.45, 7) is 2.92. The molecule has 2 rings (SSSR count). The number of hydrogen-bond donors (Lipinski definition) is 1. The lowest BCUT2D eigenvalue weighted by Gasteiger charge is -2.25.